The minimum absolute atomic E-state index is 0.0931. The third-order valence-electron chi connectivity index (χ3n) is 4.87. The van der Waals surface area contributed by atoms with Gasteiger partial charge >= 0.3 is 6.03 Å². The van der Waals surface area contributed by atoms with Gasteiger partial charge in [-0.15, -0.1) is 0 Å². The molecule has 1 fully saturated rings. The van der Waals surface area contributed by atoms with Gasteiger partial charge in [-0.05, 0) is 60.7 Å². The number of imide groups is 2. The van der Waals surface area contributed by atoms with E-state index in [-0.39, 0.29) is 23.6 Å². The summed E-state index contributed by atoms with van der Waals surface area (Å²) in [5.74, 6) is -2.51. The molecule has 0 radical (unpaired) electrons. The molecule has 3 aromatic carbocycles. The second-order valence-corrected chi connectivity index (χ2v) is 8.23. The van der Waals surface area contributed by atoms with E-state index in [1.807, 2.05) is 6.07 Å². The summed E-state index contributed by atoms with van der Waals surface area (Å²) in [4.78, 5) is 50.9. The predicted molar refractivity (Wildman–Crippen MR) is 130 cm³/mol. The van der Waals surface area contributed by atoms with Gasteiger partial charge in [-0.3, -0.25) is 19.7 Å². The molecule has 3 aromatic rings. The first-order valence-electron chi connectivity index (χ1n) is 10.3. The number of urea groups is 1. The first-order chi connectivity index (χ1) is 16.8. The van der Waals surface area contributed by atoms with Gasteiger partial charge < -0.3 is 10.1 Å². The molecule has 4 rings (SSSR count). The third kappa shape index (κ3) is 5.61. The van der Waals surface area contributed by atoms with E-state index in [4.69, 9.17) is 4.74 Å². The van der Waals surface area contributed by atoms with E-state index < -0.39 is 29.6 Å². The molecule has 1 aliphatic heterocycles. The Balaban J connectivity index is 1.59. The van der Waals surface area contributed by atoms with Crippen LogP contribution >= 0.6 is 15.9 Å². The van der Waals surface area contributed by atoms with Gasteiger partial charge in [0.1, 0.15) is 17.1 Å². The van der Waals surface area contributed by atoms with E-state index >= 15 is 0 Å². The van der Waals surface area contributed by atoms with Crippen LogP contribution in [-0.4, -0.2) is 30.4 Å². The number of nitrogens with one attached hydrogen (secondary N) is 2. The van der Waals surface area contributed by atoms with Crippen molar-refractivity contribution in [1.29, 1.82) is 0 Å². The smallest absolute Gasteiger partial charge is 0.335 e. The van der Waals surface area contributed by atoms with E-state index in [9.17, 15) is 23.6 Å². The van der Waals surface area contributed by atoms with Crippen molar-refractivity contribution in [1.82, 2.24) is 5.32 Å². The number of rotatable bonds is 6. The molecule has 0 atom stereocenters. The summed E-state index contributed by atoms with van der Waals surface area (Å²) in [5, 5.41) is 4.80. The number of barbiturate groups is 1. The molecule has 0 saturated carbocycles. The molecule has 0 aliphatic carbocycles. The van der Waals surface area contributed by atoms with E-state index in [1.54, 1.807) is 42.5 Å². The van der Waals surface area contributed by atoms with Crippen LogP contribution in [0.25, 0.3) is 6.08 Å². The number of ether oxygens (including phenoxy) is 1. The maximum absolute atomic E-state index is 13.3. The van der Waals surface area contributed by atoms with Gasteiger partial charge in [0.25, 0.3) is 17.7 Å². The Morgan fingerprint density at radius 1 is 1.03 bits per heavy atom. The number of amides is 5. The van der Waals surface area contributed by atoms with E-state index in [0.29, 0.717) is 15.7 Å². The molecule has 1 saturated heterocycles. The number of benzene rings is 3. The normalized spacial score (nSPS) is 14.6. The molecule has 0 bridgehead atoms. The Morgan fingerprint density at radius 2 is 1.74 bits per heavy atom. The molecule has 2 N–H and O–H groups in total. The summed E-state index contributed by atoms with van der Waals surface area (Å²) in [6.07, 6.45) is 1.26. The lowest BCUT2D eigenvalue weighted by Crippen LogP contribution is -2.54. The van der Waals surface area contributed by atoms with Crippen LogP contribution in [-0.2, 0) is 14.4 Å². The van der Waals surface area contributed by atoms with Gasteiger partial charge in [0.15, 0.2) is 6.61 Å². The summed E-state index contributed by atoms with van der Waals surface area (Å²) in [6, 6.07) is 17.4. The average Bonchev–Trinajstić information content (AvgIpc) is 2.83. The fourth-order valence-corrected chi connectivity index (χ4v) is 3.64. The average molecular weight is 538 g/mol. The van der Waals surface area contributed by atoms with Gasteiger partial charge in [-0.2, -0.15) is 0 Å². The van der Waals surface area contributed by atoms with Gasteiger partial charge in [-0.1, -0.05) is 34.1 Å². The number of nitrogens with zero attached hydrogens (tertiary/aromatic N) is 1. The Hall–Kier alpha value is -4.31. The molecule has 35 heavy (non-hydrogen) atoms. The molecule has 0 aromatic heterocycles. The second-order valence-electron chi connectivity index (χ2n) is 7.32. The number of carbonyl (C=O) groups is 4. The van der Waals surface area contributed by atoms with Crippen LogP contribution in [0.15, 0.2) is 82.8 Å². The summed E-state index contributed by atoms with van der Waals surface area (Å²) >= 11 is 3.33. The molecular weight excluding hydrogens is 521 g/mol. The first kappa shape index (κ1) is 23.8. The molecular formula is C25H17BrFN3O5. The van der Waals surface area contributed by atoms with Crippen LogP contribution in [0, 0.1) is 5.82 Å². The van der Waals surface area contributed by atoms with Gasteiger partial charge in [-0.25, -0.2) is 14.1 Å². The second kappa shape index (κ2) is 10.3. The summed E-state index contributed by atoms with van der Waals surface area (Å²) < 4.78 is 19.6. The molecule has 10 heteroatoms. The van der Waals surface area contributed by atoms with Crippen LogP contribution in [0.5, 0.6) is 5.75 Å². The Morgan fingerprint density at radius 3 is 2.46 bits per heavy atom. The minimum atomic E-state index is -0.952. The number of hydrogen-bond donors (Lipinski definition) is 2. The van der Waals surface area contributed by atoms with Crippen LogP contribution in [0.3, 0.4) is 0 Å². The number of anilines is 2. The largest absolute Gasteiger partial charge is 0.483 e. The monoisotopic (exact) mass is 537 g/mol. The maximum Gasteiger partial charge on any atom is 0.335 e. The minimum Gasteiger partial charge on any atom is -0.483 e. The van der Waals surface area contributed by atoms with Crippen LogP contribution in [0.1, 0.15) is 5.56 Å². The van der Waals surface area contributed by atoms with Gasteiger partial charge in [0.05, 0.1) is 5.69 Å². The third-order valence-corrected chi connectivity index (χ3v) is 5.37. The number of halogens is 2. The highest BCUT2D eigenvalue weighted by Crippen LogP contribution is 2.28. The molecule has 5 amide bonds. The molecule has 0 spiro atoms. The van der Waals surface area contributed by atoms with Crippen molar-refractivity contribution in [2.75, 3.05) is 16.8 Å². The molecule has 1 aliphatic rings. The molecule has 8 nitrogen and oxygen atoms in total. The van der Waals surface area contributed by atoms with Crippen molar-refractivity contribution in [2.45, 2.75) is 0 Å². The zero-order valence-electron chi connectivity index (χ0n) is 18.0. The fourth-order valence-electron chi connectivity index (χ4n) is 3.26. The summed E-state index contributed by atoms with van der Waals surface area (Å²) in [6.45, 7) is -0.326. The van der Waals surface area contributed by atoms with Crippen molar-refractivity contribution in [3.8, 4) is 5.75 Å². The van der Waals surface area contributed by atoms with Crippen LogP contribution in [0.4, 0.5) is 20.6 Å². The van der Waals surface area contributed by atoms with Gasteiger partial charge in [0, 0.05) is 15.7 Å². The summed E-state index contributed by atoms with van der Waals surface area (Å²) in [5.41, 5.74) is 0.675. The van der Waals surface area contributed by atoms with E-state index in [1.165, 1.54) is 18.2 Å². The van der Waals surface area contributed by atoms with Gasteiger partial charge in [0.2, 0.25) is 0 Å². The Labute approximate surface area is 207 Å². The van der Waals surface area contributed by atoms with Crippen molar-refractivity contribution in [2.24, 2.45) is 0 Å². The maximum atomic E-state index is 13.3. The lowest BCUT2D eigenvalue weighted by atomic mass is 10.1. The SMILES string of the molecule is O=C(COc1ccc(Br)cc1/C=C1\C(=O)NC(=O)N(c2ccc(F)cc2)C1=O)Nc1ccccc1. The predicted octanol–water partition coefficient (Wildman–Crippen LogP) is 4.27. The Kier molecular flexibility index (Phi) is 7.02. The van der Waals surface area contributed by atoms with E-state index in [0.717, 1.165) is 17.0 Å². The quantitative estimate of drug-likeness (QED) is 0.361. The highest BCUT2D eigenvalue weighted by molar-refractivity contribution is 9.10. The summed E-state index contributed by atoms with van der Waals surface area (Å²) in [7, 11) is 0. The highest BCUT2D eigenvalue weighted by Gasteiger charge is 2.37. The topological polar surface area (TPSA) is 105 Å². The number of carbonyl (C=O) groups excluding carboxylic acids is 4. The van der Waals surface area contributed by atoms with Crippen LogP contribution < -0.4 is 20.3 Å². The number of para-hydroxylation sites is 1. The highest BCUT2D eigenvalue weighted by atomic mass is 79.9. The zero-order chi connectivity index (χ0) is 24.9. The molecule has 176 valence electrons. The first-order valence-corrected chi connectivity index (χ1v) is 11.1. The fraction of sp³-hybridized carbons (Fsp3) is 0.0400. The lowest BCUT2D eigenvalue weighted by Gasteiger charge is -2.26. The Bertz CT molecular complexity index is 1340. The van der Waals surface area contributed by atoms with Crippen molar-refractivity contribution >= 4 is 57.1 Å². The van der Waals surface area contributed by atoms with Crippen molar-refractivity contribution in [3.63, 3.8) is 0 Å². The van der Waals surface area contributed by atoms with Crippen molar-refractivity contribution in [3.05, 3.63) is 94.2 Å². The standard InChI is InChI=1S/C25H17BrFN3O5/c26-16-6-11-21(35-14-22(31)28-18-4-2-1-3-5-18)15(12-16)13-20-23(32)29-25(34)30(24(20)33)19-9-7-17(27)8-10-19/h1-13H,14H2,(H,28,31)(H,29,32,34)/b20-13+. The van der Waals surface area contributed by atoms with Crippen molar-refractivity contribution < 1.29 is 28.3 Å². The molecule has 1 heterocycles. The number of hydrogen-bond acceptors (Lipinski definition) is 5. The molecule has 0 unspecified atom stereocenters. The van der Waals surface area contributed by atoms with E-state index in [2.05, 4.69) is 26.6 Å². The zero-order valence-corrected chi connectivity index (χ0v) is 19.5. The van der Waals surface area contributed by atoms with Crippen LogP contribution in [0.2, 0.25) is 0 Å². The lowest BCUT2D eigenvalue weighted by molar-refractivity contribution is -0.122.